The molecule has 1 aromatic heterocycles. The molecule has 2 N–H and O–H groups in total. The minimum absolute atomic E-state index is 0. The zero-order valence-corrected chi connectivity index (χ0v) is 19.8. The summed E-state index contributed by atoms with van der Waals surface area (Å²) in [7, 11) is 4.00. The van der Waals surface area contributed by atoms with Gasteiger partial charge in [0.2, 0.25) is 0 Å². The van der Waals surface area contributed by atoms with Crippen molar-refractivity contribution in [3.8, 4) is 0 Å². The van der Waals surface area contributed by atoms with E-state index < -0.39 is 0 Å². The molecule has 154 valence electrons. The van der Waals surface area contributed by atoms with Gasteiger partial charge in [0.15, 0.2) is 5.96 Å². The minimum atomic E-state index is 0. The first kappa shape index (κ1) is 24.4. The largest absolute Gasteiger partial charge is 0.356 e. The van der Waals surface area contributed by atoms with Crippen molar-refractivity contribution < 1.29 is 0 Å². The number of halogens is 1. The Morgan fingerprint density at radius 1 is 1.14 bits per heavy atom. The molecule has 1 atom stereocenters. The van der Waals surface area contributed by atoms with Crippen molar-refractivity contribution in [1.29, 1.82) is 0 Å². The van der Waals surface area contributed by atoms with E-state index in [4.69, 9.17) is 0 Å². The van der Waals surface area contributed by atoms with Gasteiger partial charge in [0.1, 0.15) is 0 Å². The predicted octanol–water partition coefficient (Wildman–Crippen LogP) is 3.63. The summed E-state index contributed by atoms with van der Waals surface area (Å²) < 4.78 is 0. The van der Waals surface area contributed by atoms with Crippen molar-refractivity contribution in [3.05, 3.63) is 65.5 Å². The lowest BCUT2D eigenvalue weighted by molar-refractivity contribution is 0.238. The molecular weight excluding hydrogens is 461 g/mol. The summed E-state index contributed by atoms with van der Waals surface area (Å²) in [6, 6.07) is 13.2. The van der Waals surface area contributed by atoms with Gasteiger partial charge in [-0.15, -0.1) is 24.0 Å². The van der Waals surface area contributed by atoms with Crippen LogP contribution in [-0.4, -0.2) is 49.1 Å². The molecule has 2 rings (SSSR count). The highest BCUT2D eigenvalue weighted by Crippen LogP contribution is 2.08. The van der Waals surface area contributed by atoms with Gasteiger partial charge in [-0.3, -0.25) is 14.9 Å². The van der Waals surface area contributed by atoms with Crippen molar-refractivity contribution in [3.63, 3.8) is 0 Å². The highest BCUT2D eigenvalue weighted by Gasteiger charge is 2.09. The van der Waals surface area contributed by atoms with Crippen LogP contribution in [-0.2, 0) is 13.0 Å². The second-order valence-corrected chi connectivity index (χ2v) is 7.02. The summed E-state index contributed by atoms with van der Waals surface area (Å²) in [5.41, 5.74) is 3.91. The zero-order valence-electron chi connectivity index (χ0n) is 17.5. The molecule has 0 bridgehead atoms. The number of hydrogen-bond donors (Lipinski definition) is 2. The first-order chi connectivity index (χ1) is 13.1. The Morgan fingerprint density at radius 3 is 2.54 bits per heavy atom. The van der Waals surface area contributed by atoms with Gasteiger partial charge < -0.3 is 10.6 Å². The molecule has 0 spiro atoms. The highest BCUT2D eigenvalue weighted by molar-refractivity contribution is 14.0. The molecule has 0 radical (unpaired) electrons. The van der Waals surface area contributed by atoms with Crippen molar-refractivity contribution >= 4 is 29.9 Å². The number of pyridine rings is 1. The van der Waals surface area contributed by atoms with E-state index >= 15 is 0 Å². The molecule has 0 saturated carbocycles. The van der Waals surface area contributed by atoms with Crippen LogP contribution in [0.3, 0.4) is 0 Å². The van der Waals surface area contributed by atoms with E-state index in [9.17, 15) is 0 Å². The third kappa shape index (κ3) is 8.56. The number of aryl methyl sites for hydroxylation is 1. The topological polar surface area (TPSA) is 52.6 Å². The number of aliphatic imine (C=N–C) groups is 1. The standard InChI is InChI=1S/C22H33N5.HI/c1-18-16-24-13-11-21(18)12-15-26-22(23-3)25-14-10-19(2)27(4)17-20-8-6-5-7-9-20;/h5-9,11,13,16,19H,10,12,14-15,17H2,1-4H3,(H2,23,25,26);1H. The molecule has 0 aliphatic rings. The van der Waals surface area contributed by atoms with Crippen LogP contribution in [0.4, 0.5) is 0 Å². The van der Waals surface area contributed by atoms with Gasteiger partial charge in [0.05, 0.1) is 0 Å². The number of rotatable bonds is 9. The Bertz CT molecular complexity index is 705. The number of guanidine groups is 1. The number of hydrogen-bond acceptors (Lipinski definition) is 3. The molecule has 0 fully saturated rings. The van der Waals surface area contributed by atoms with Gasteiger partial charge in [-0.25, -0.2) is 0 Å². The third-order valence-electron chi connectivity index (χ3n) is 4.93. The van der Waals surface area contributed by atoms with E-state index in [-0.39, 0.29) is 24.0 Å². The fraction of sp³-hybridized carbons (Fsp3) is 0.455. The molecular formula is C22H34IN5. The molecule has 2 aromatic rings. The van der Waals surface area contributed by atoms with Gasteiger partial charge in [0, 0.05) is 45.1 Å². The fourth-order valence-corrected chi connectivity index (χ4v) is 2.97. The SMILES string of the molecule is CN=C(NCCc1ccncc1C)NCCC(C)N(C)Cc1ccccc1.I. The zero-order chi connectivity index (χ0) is 19.5. The van der Waals surface area contributed by atoms with Crippen LogP contribution < -0.4 is 10.6 Å². The maximum atomic E-state index is 4.32. The lowest BCUT2D eigenvalue weighted by Gasteiger charge is -2.25. The van der Waals surface area contributed by atoms with Crippen LogP contribution in [0.1, 0.15) is 30.0 Å². The summed E-state index contributed by atoms with van der Waals surface area (Å²) in [5.74, 6) is 0.861. The Labute approximate surface area is 187 Å². The molecule has 6 heteroatoms. The van der Waals surface area contributed by atoms with Gasteiger partial charge in [-0.05, 0) is 56.5 Å². The smallest absolute Gasteiger partial charge is 0.190 e. The number of nitrogens with one attached hydrogen (secondary N) is 2. The quantitative estimate of drug-likeness (QED) is 0.317. The lowest BCUT2D eigenvalue weighted by Crippen LogP contribution is -2.40. The normalized spacial score (nSPS) is 12.4. The van der Waals surface area contributed by atoms with E-state index in [1.165, 1.54) is 16.7 Å². The van der Waals surface area contributed by atoms with Crippen LogP contribution in [0.5, 0.6) is 0 Å². The maximum absolute atomic E-state index is 4.32. The predicted molar refractivity (Wildman–Crippen MR) is 129 cm³/mol. The van der Waals surface area contributed by atoms with Crippen molar-refractivity contribution in [2.24, 2.45) is 4.99 Å². The Balaban J connectivity index is 0.00000392. The summed E-state index contributed by atoms with van der Waals surface area (Å²) in [4.78, 5) is 10.8. The Hall–Kier alpha value is -1.67. The summed E-state index contributed by atoms with van der Waals surface area (Å²) in [6.07, 6.45) is 5.79. The maximum Gasteiger partial charge on any atom is 0.190 e. The molecule has 1 heterocycles. The summed E-state index contributed by atoms with van der Waals surface area (Å²) in [6.45, 7) is 7.10. The molecule has 0 aliphatic heterocycles. The van der Waals surface area contributed by atoms with Crippen LogP contribution in [0.25, 0.3) is 0 Å². The second kappa shape index (κ2) is 13.5. The van der Waals surface area contributed by atoms with E-state index in [0.29, 0.717) is 6.04 Å². The molecule has 28 heavy (non-hydrogen) atoms. The molecule has 0 aliphatic carbocycles. The third-order valence-corrected chi connectivity index (χ3v) is 4.93. The van der Waals surface area contributed by atoms with Gasteiger partial charge in [-0.2, -0.15) is 0 Å². The molecule has 1 unspecified atom stereocenters. The van der Waals surface area contributed by atoms with Crippen molar-refractivity contribution in [2.75, 3.05) is 27.2 Å². The molecule has 0 amide bonds. The fourth-order valence-electron chi connectivity index (χ4n) is 2.97. The highest BCUT2D eigenvalue weighted by atomic mass is 127. The molecule has 1 aromatic carbocycles. The van der Waals surface area contributed by atoms with E-state index in [1.807, 2.05) is 19.4 Å². The second-order valence-electron chi connectivity index (χ2n) is 7.02. The van der Waals surface area contributed by atoms with Crippen LogP contribution in [0.2, 0.25) is 0 Å². The number of benzene rings is 1. The van der Waals surface area contributed by atoms with E-state index in [0.717, 1.165) is 38.4 Å². The van der Waals surface area contributed by atoms with Gasteiger partial charge in [-0.1, -0.05) is 30.3 Å². The first-order valence-electron chi connectivity index (χ1n) is 9.68. The lowest BCUT2D eigenvalue weighted by atomic mass is 10.1. The van der Waals surface area contributed by atoms with E-state index in [1.54, 1.807) is 0 Å². The molecule has 0 saturated heterocycles. The molecule has 5 nitrogen and oxygen atoms in total. The Kier molecular flexibility index (Phi) is 11.7. The monoisotopic (exact) mass is 495 g/mol. The number of nitrogens with zero attached hydrogens (tertiary/aromatic N) is 3. The average molecular weight is 495 g/mol. The summed E-state index contributed by atoms with van der Waals surface area (Å²) in [5, 5.41) is 6.81. The first-order valence-corrected chi connectivity index (χ1v) is 9.68. The minimum Gasteiger partial charge on any atom is -0.356 e. The van der Waals surface area contributed by atoms with Crippen LogP contribution in [0, 0.1) is 6.92 Å². The van der Waals surface area contributed by atoms with Crippen molar-refractivity contribution in [2.45, 2.75) is 39.3 Å². The number of aromatic nitrogens is 1. The van der Waals surface area contributed by atoms with Gasteiger partial charge >= 0.3 is 0 Å². The van der Waals surface area contributed by atoms with Crippen LogP contribution in [0.15, 0.2) is 53.8 Å². The Morgan fingerprint density at radius 2 is 1.86 bits per heavy atom. The van der Waals surface area contributed by atoms with E-state index in [2.05, 4.69) is 82.8 Å². The van der Waals surface area contributed by atoms with Gasteiger partial charge in [0.25, 0.3) is 0 Å². The van der Waals surface area contributed by atoms with Crippen LogP contribution >= 0.6 is 24.0 Å². The summed E-state index contributed by atoms with van der Waals surface area (Å²) >= 11 is 0. The average Bonchev–Trinajstić information content (AvgIpc) is 2.68. The van der Waals surface area contributed by atoms with Crippen molar-refractivity contribution in [1.82, 2.24) is 20.5 Å².